The van der Waals surface area contributed by atoms with Crippen LogP contribution in [0, 0.1) is 0 Å². The number of rotatable bonds is 5. The molecule has 0 bridgehead atoms. The number of nitrogens with one attached hydrogen (secondary N) is 1. The molecular formula is C17H22ClNO5S. The average Bonchev–Trinajstić information content (AvgIpc) is 3.15. The summed E-state index contributed by atoms with van der Waals surface area (Å²) in [6.07, 6.45) is -0.332. The zero-order valence-corrected chi connectivity index (χ0v) is 16.1. The molecule has 1 aromatic rings. The first kappa shape index (κ1) is 19.7. The van der Waals surface area contributed by atoms with Crippen molar-refractivity contribution in [1.29, 1.82) is 0 Å². The van der Waals surface area contributed by atoms with E-state index in [0.717, 1.165) is 0 Å². The fraction of sp³-hybridized carbons (Fsp3) is 0.529. The summed E-state index contributed by atoms with van der Waals surface area (Å²) in [6.45, 7) is 6.56. The zero-order valence-electron chi connectivity index (χ0n) is 14.6. The Bertz CT molecular complexity index is 769. The van der Waals surface area contributed by atoms with E-state index in [0.29, 0.717) is 16.9 Å². The third kappa shape index (κ3) is 3.98. The number of hydrogen-bond donors (Lipinski definition) is 1. The van der Waals surface area contributed by atoms with Crippen LogP contribution in [0.2, 0.25) is 5.02 Å². The fourth-order valence-corrected chi connectivity index (χ4v) is 5.04. The van der Waals surface area contributed by atoms with E-state index in [2.05, 4.69) is 5.32 Å². The Morgan fingerprint density at radius 2 is 1.88 bits per heavy atom. The Kier molecular flexibility index (Phi) is 5.21. The van der Waals surface area contributed by atoms with Gasteiger partial charge in [0, 0.05) is 16.7 Å². The molecular weight excluding hydrogens is 366 g/mol. The molecule has 0 saturated heterocycles. The molecule has 1 aliphatic carbocycles. The predicted octanol–water partition coefficient (Wildman–Crippen LogP) is 2.70. The minimum atomic E-state index is -3.58. The quantitative estimate of drug-likeness (QED) is 0.784. The first-order chi connectivity index (χ1) is 11.5. The van der Waals surface area contributed by atoms with Crippen LogP contribution >= 0.6 is 11.6 Å². The number of benzene rings is 1. The number of alkyl carbamates (subject to hydrolysis) is 1. The third-order valence-electron chi connectivity index (χ3n) is 4.11. The van der Waals surface area contributed by atoms with Crippen molar-refractivity contribution in [3.8, 4) is 0 Å². The lowest BCUT2D eigenvalue weighted by Gasteiger charge is -2.22. The van der Waals surface area contributed by atoms with Crippen molar-refractivity contribution in [2.24, 2.45) is 0 Å². The number of aldehydes is 1. The van der Waals surface area contributed by atoms with Crippen LogP contribution in [0.5, 0.6) is 0 Å². The molecule has 2 rings (SSSR count). The molecule has 25 heavy (non-hydrogen) atoms. The smallest absolute Gasteiger partial charge is 0.408 e. The number of carbonyl (C=O) groups excluding carboxylic acids is 2. The second-order valence-electron chi connectivity index (χ2n) is 7.08. The van der Waals surface area contributed by atoms with Gasteiger partial charge in [0.2, 0.25) is 0 Å². The number of ether oxygens (including phenoxy) is 1. The SMILES string of the molecule is CCS(=O)(=O)[C@@H]1[C@@H](c2ccc(Cl)cc2)[C@]1(C=O)NC(=O)OC(C)(C)C. The molecule has 0 spiro atoms. The summed E-state index contributed by atoms with van der Waals surface area (Å²) in [5, 5.41) is 1.95. The minimum Gasteiger partial charge on any atom is -0.444 e. The van der Waals surface area contributed by atoms with Gasteiger partial charge in [0.25, 0.3) is 0 Å². The Labute approximate surface area is 152 Å². The Morgan fingerprint density at radius 3 is 2.32 bits per heavy atom. The van der Waals surface area contributed by atoms with Crippen molar-refractivity contribution in [1.82, 2.24) is 5.32 Å². The summed E-state index contributed by atoms with van der Waals surface area (Å²) < 4.78 is 30.1. The Hall–Kier alpha value is -1.60. The van der Waals surface area contributed by atoms with Gasteiger partial charge in [-0.25, -0.2) is 13.2 Å². The van der Waals surface area contributed by atoms with Crippen LogP contribution in [0.3, 0.4) is 0 Å². The maximum atomic E-state index is 12.5. The number of halogens is 1. The topological polar surface area (TPSA) is 89.5 Å². The summed E-state index contributed by atoms with van der Waals surface area (Å²) in [5.74, 6) is -0.812. The maximum Gasteiger partial charge on any atom is 0.408 e. The van der Waals surface area contributed by atoms with E-state index in [-0.39, 0.29) is 5.75 Å². The molecule has 1 fully saturated rings. The summed E-state index contributed by atoms with van der Waals surface area (Å²) in [5.41, 5.74) is -1.68. The monoisotopic (exact) mass is 387 g/mol. The van der Waals surface area contributed by atoms with Gasteiger partial charge in [-0.05, 0) is 38.5 Å². The molecule has 6 nitrogen and oxygen atoms in total. The van der Waals surface area contributed by atoms with Gasteiger partial charge in [-0.15, -0.1) is 0 Å². The first-order valence-corrected chi connectivity index (χ1v) is 10.0. The standard InChI is InChI=1S/C17H22ClNO5S/c1-5-25(22,23)14-13(11-6-8-12(18)9-7-11)17(14,10-20)19-15(21)24-16(2,3)4/h6-10,13-14H,5H2,1-4H3,(H,19,21)/t13-,14-,17+/m1/s1. The van der Waals surface area contributed by atoms with Gasteiger partial charge >= 0.3 is 6.09 Å². The Balaban J connectivity index is 2.40. The number of hydrogen-bond acceptors (Lipinski definition) is 5. The van der Waals surface area contributed by atoms with Gasteiger partial charge in [0.05, 0.1) is 0 Å². The van der Waals surface area contributed by atoms with Crippen LogP contribution in [-0.2, 0) is 19.4 Å². The molecule has 0 aromatic heterocycles. The van der Waals surface area contributed by atoms with Crippen molar-refractivity contribution >= 4 is 33.8 Å². The van der Waals surface area contributed by atoms with Crippen LogP contribution < -0.4 is 5.32 Å². The molecule has 0 aliphatic heterocycles. The van der Waals surface area contributed by atoms with Crippen LogP contribution in [0.15, 0.2) is 24.3 Å². The third-order valence-corrected chi connectivity index (χ3v) is 6.60. The van der Waals surface area contributed by atoms with Crippen LogP contribution in [0.1, 0.15) is 39.2 Å². The average molecular weight is 388 g/mol. The van der Waals surface area contributed by atoms with Gasteiger partial charge in [-0.3, -0.25) is 0 Å². The molecule has 8 heteroatoms. The van der Waals surface area contributed by atoms with Crippen molar-refractivity contribution in [3.63, 3.8) is 0 Å². The van der Waals surface area contributed by atoms with Gasteiger partial charge in [-0.1, -0.05) is 30.7 Å². The fourth-order valence-electron chi connectivity index (χ4n) is 2.98. The zero-order chi connectivity index (χ0) is 19.0. The molecule has 1 amide bonds. The molecule has 0 unspecified atom stereocenters. The van der Waals surface area contributed by atoms with Crippen molar-refractivity contribution in [2.75, 3.05) is 5.75 Å². The molecule has 3 atom stereocenters. The lowest BCUT2D eigenvalue weighted by Crippen LogP contribution is -2.45. The van der Waals surface area contributed by atoms with E-state index in [1.807, 2.05) is 0 Å². The molecule has 1 aromatic carbocycles. The highest BCUT2D eigenvalue weighted by atomic mass is 35.5. The molecule has 0 radical (unpaired) electrons. The number of amides is 1. The van der Waals surface area contributed by atoms with E-state index in [1.54, 1.807) is 45.0 Å². The summed E-state index contributed by atoms with van der Waals surface area (Å²) in [4.78, 5) is 24.0. The predicted molar refractivity (Wildman–Crippen MR) is 95.6 cm³/mol. The molecule has 1 aliphatic rings. The highest BCUT2D eigenvalue weighted by Gasteiger charge is 2.72. The van der Waals surface area contributed by atoms with Crippen LogP contribution in [0.25, 0.3) is 0 Å². The second-order valence-corrected chi connectivity index (χ2v) is 9.93. The molecule has 138 valence electrons. The first-order valence-electron chi connectivity index (χ1n) is 7.91. The Morgan fingerprint density at radius 1 is 1.32 bits per heavy atom. The lowest BCUT2D eigenvalue weighted by atomic mass is 10.1. The van der Waals surface area contributed by atoms with E-state index < -0.39 is 38.2 Å². The highest BCUT2D eigenvalue weighted by molar-refractivity contribution is 7.92. The van der Waals surface area contributed by atoms with E-state index in [1.165, 1.54) is 6.92 Å². The summed E-state index contributed by atoms with van der Waals surface area (Å²) in [6, 6.07) is 6.56. The van der Waals surface area contributed by atoms with Crippen molar-refractivity contribution in [3.05, 3.63) is 34.9 Å². The van der Waals surface area contributed by atoms with Gasteiger partial charge < -0.3 is 14.8 Å². The van der Waals surface area contributed by atoms with Crippen LogP contribution in [0.4, 0.5) is 4.79 Å². The lowest BCUT2D eigenvalue weighted by molar-refractivity contribution is -0.110. The van der Waals surface area contributed by atoms with Gasteiger partial charge in [0.15, 0.2) is 9.84 Å². The van der Waals surface area contributed by atoms with Crippen molar-refractivity contribution < 1.29 is 22.7 Å². The van der Waals surface area contributed by atoms with Gasteiger partial charge in [-0.2, -0.15) is 0 Å². The molecule has 1 saturated carbocycles. The molecule has 0 heterocycles. The summed E-state index contributed by atoms with van der Waals surface area (Å²) in [7, 11) is -3.58. The summed E-state index contributed by atoms with van der Waals surface area (Å²) >= 11 is 5.87. The van der Waals surface area contributed by atoms with Crippen molar-refractivity contribution in [2.45, 2.75) is 50.0 Å². The number of carbonyl (C=O) groups is 2. The van der Waals surface area contributed by atoms with Gasteiger partial charge in [0.1, 0.15) is 22.7 Å². The highest BCUT2D eigenvalue weighted by Crippen LogP contribution is 2.55. The minimum absolute atomic E-state index is 0.132. The normalized spacial score (nSPS) is 26.0. The van der Waals surface area contributed by atoms with Crippen LogP contribution in [-0.4, -0.2) is 42.9 Å². The molecule has 1 N–H and O–H groups in total. The maximum absolute atomic E-state index is 12.5. The van der Waals surface area contributed by atoms with E-state index in [4.69, 9.17) is 16.3 Å². The van der Waals surface area contributed by atoms with E-state index in [9.17, 15) is 18.0 Å². The second kappa shape index (κ2) is 6.61. The number of sulfone groups is 1. The largest absolute Gasteiger partial charge is 0.444 e. The van der Waals surface area contributed by atoms with E-state index >= 15 is 0 Å².